The van der Waals surface area contributed by atoms with Gasteiger partial charge in [-0.2, -0.15) is 17.7 Å². The molecule has 0 spiro atoms. The first-order chi connectivity index (χ1) is 14.2. The summed E-state index contributed by atoms with van der Waals surface area (Å²) in [5.41, 5.74) is 0.771. The van der Waals surface area contributed by atoms with Gasteiger partial charge in [-0.3, -0.25) is 9.36 Å². The fourth-order valence-electron chi connectivity index (χ4n) is 3.64. The standard InChI is InChI=1S/C19H22F3N7O/c1-12(2)14-9-17(30)28(11-23-14)10-13-5-7-27(8-6-13)16-4-3-15-24-25-18(19(20,21)22)29(15)26-16/h3-4,9,11-13H,5-8,10H2,1-2H3. The van der Waals surface area contributed by atoms with E-state index in [4.69, 9.17) is 0 Å². The molecule has 0 atom stereocenters. The lowest BCUT2D eigenvalue weighted by molar-refractivity contribution is -0.146. The molecule has 1 aliphatic rings. The molecule has 3 aromatic rings. The maximum absolute atomic E-state index is 13.1. The van der Waals surface area contributed by atoms with E-state index in [2.05, 4.69) is 20.3 Å². The van der Waals surface area contributed by atoms with Crippen LogP contribution in [0.2, 0.25) is 0 Å². The van der Waals surface area contributed by atoms with Crippen LogP contribution in [0.1, 0.15) is 44.1 Å². The Labute approximate surface area is 170 Å². The lowest BCUT2D eigenvalue weighted by Crippen LogP contribution is -2.37. The molecule has 0 radical (unpaired) electrons. The predicted octanol–water partition coefficient (Wildman–Crippen LogP) is 2.74. The monoisotopic (exact) mass is 421 g/mol. The Morgan fingerprint density at radius 3 is 2.53 bits per heavy atom. The van der Waals surface area contributed by atoms with Crippen molar-refractivity contribution in [2.75, 3.05) is 18.0 Å². The molecule has 4 heterocycles. The van der Waals surface area contributed by atoms with Crippen molar-refractivity contribution in [1.82, 2.24) is 29.4 Å². The van der Waals surface area contributed by atoms with Crippen LogP contribution in [0.4, 0.5) is 19.0 Å². The second-order valence-corrected chi connectivity index (χ2v) is 7.87. The average Bonchev–Trinajstić information content (AvgIpc) is 3.13. The van der Waals surface area contributed by atoms with E-state index in [0.717, 1.165) is 23.1 Å². The number of piperidine rings is 1. The highest BCUT2D eigenvalue weighted by Crippen LogP contribution is 2.28. The van der Waals surface area contributed by atoms with E-state index in [-0.39, 0.29) is 23.0 Å². The van der Waals surface area contributed by atoms with Crippen LogP contribution in [0.3, 0.4) is 0 Å². The summed E-state index contributed by atoms with van der Waals surface area (Å²) < 4.78 is 41.6. The molecule has 0 aromatic carbocycles. The molecule has 8 nitrogen and oxygen atoms in total. The van der Waals surface area contributed by atoms with Crippen LogP contribution >= 0.6 is 0 Å². The second-order valence-electron chi connectivity index (χ2n) is 7.87. The van der Waals surface area contributed by atoms with Crippen molar-refractivity contribution in [2.24, 2.45) is 5.92 Å². The van der Waals surface area contributed by atoms with Crippen molar-refractivity contribution in [1.29, 1.82) is 0 Å². The minimum Gasteiger partial charge on any atom is -0.355 e. The van der Waals surface area contributed by atoms with Crippen LogP contribution in [0, 0.1) is 5.92 Å². The van der Waals surface area contributed by atoms with Crippen LogP contribution in [0.15, 0.2) is 29.3 Å². The van der Waals surface area contributed by atoms with Gasteiger partial charge in [0.15, 0.2) is 5.65 Å². The molecule has 3 aromatic heterocycles. The Bertz CT molecular complexity index is 1100. The number of aromatic nitrogens is 6. The topological polar surface area (TPSA) is 81.2 Å². The van der Waals surface area contributed by atoms with Gasteiger partial charge in [-0.1, -0.05) is 13.8 Å². The minimum atomic E-state index is -4.62. The molecule has 1 aliphatic heterocycles. The van der Waals surface area contributed by atoms with E-state index >= 15 is 0 Å². The number of nitrogens with zero attached hydrogens (tertiary/aromatic N) is 7. The maximum atomic E-state index is 13.1. The molecule has 0 unspecified atom stereocenters. The summed E-state index contributed by atoms with van der Waals surface area (Å²) >= 11 is 0. The van der Waals surface area contributed by atoms with Gasteiger partial charge in [0.1, 0.15) is 5.82 Å². The Morgan fingerprint density at radius 1 is 1.17 bits per heavy atom. The van der Waals surface area contributed by atoms with Crippen LogP contribution in [0.25, 0.3) is 5.65 Å². The number of fused-ring (bicyclic) bond motifs is 1. The summed E-state index contributed by atoms with van der Waals surface area (Å²) in [6.45, 7) is 5.83. The number of hydrogen-bond donors (Lipinski definition) is 0. The van der Waals surface area contributed by atoms with Gasteiger partial charge < -0.3 is 4.90 Å². The Balaban J connectivity index is 1.44. The second kappa shape index (κ2) is 7.69. The third-order valence-corrected chi connectivity index (χ3v) is 5.39. The number of halogens is 3. The van der Waals surface area contributed by atoms with Crippen molar-refractivity contribution >= 4 is 11.5 Å². The first kappa shape index (κ1) is 20.3. The van der Waals surface area contributed by atoms with Crippen molar-refractivity contribution in [3.8, 4) is 0 Å². The molecule has 0 aliphatic carbocycles. The van der Waals surface area contributed by atoms with Gasteiger partial charge in [-0.25, -0.2) is 4.98 Å². The molecule has 160 valence electrons. The summed E-state index contributed by atoms with van der Waals surface area (Å²) in [6, 6.07) is 4.72. The molecular formula is C19H22F3N7O. The molecule has 0 N–H and O–H groups in total. The van der Waals surface area contributed by atoms with Crippen molar-refractivity contribution in [3.63, 3.8) is 0 Å². The van der Waals surface area contributed by atoms with Crippen LogP contribution in [-0.2, 0) is 12.7 Å². The SMILES string of the molecule is CC(C)c1cc(=O)n(CC2CCN(c3ccc4nnc(C(F)(F)F)n4n3)CC2)cn1. The lowest BCUT2D eigenvalue weighted by atomic mass is 9.96. The van der Waals surface area contributed by atoms with Crippen molar-refractivity contribution in [3.05, 3.63) is 46.4 Å². The first-order valence-corrected chi connectivity index (χ1v) is 9.83. The molecule has 4 rings (SSSR count). The maximum Gasteiger partial charge on any atom is 0.453 e. The third-order valence-electron chi connectivity index (χ3n) is 5.39. The van der Waals surface area contributed by atoms with Gasteiger partial charge >= 0.3 is 6.18 Å². The number of alkyl halides is 3. The van der Waals surface area contributed by atoms with Crippen LogP contribution in [-0.4, -0.2) is 42.5 Å². The molecule has 0 bridgehead atoms. The summed E-state index contributed by atoms with van der Waals surface area (Å²) in [5.74, 6) is -0.198. The van der Waals surface area contributed by atoms with Crippen molar-refractivity contribution in [2.45, 2.75) is 45.3 Å². The highest BCUT2D eigenvalue weighted by atomic mass is 19.4. The molecule has 30 heavy (non-hydrogen) atoms. The Morgan fingerprint density at radius 2 is 1.90 bits per heavy atom. The lowest BCUT2D eigenvalue weighted by Gasteiger charge is -2.32. The van der Waals surface area contributed by atoms with Gasteiger partial charge in [0.25, 0.3) is 11.4 Å². The van der Waals surface area contributed by atoms with E-state index < -0.39 is 12.0 Å². The molecule has 0 saturated carbocycles. The zero-order valence-electron chi connectivity index (χ0n) is 16.7. The smallest absolute Gasteiger partial charge is 0.355 e. The quantitative estimate of drug-likeness (QED) is 0.644. The molecule has 1 saturated heterocycles. The van der Waals surface area contributed by atoms with Gasteiger partial charge in [0.2, 0.25) is 0 Å². The summed E-state index contributed by atoms with van der Waals surface area (Å²) in [7, 11) is 0. The predicted molar refractivity (Wildman–Crippen MR) is 103 cm³/mol. The molecular weight excluding hydrogens is 399 g/mol. The van der Waals surface area contributed by atoms with Gasteiger partial charge in [-0.05, 0) is 36.8 Å². The fraction of sp³-hybridized carbons (Fsp3) is 0.526. The van der Waals surface area contributed by atoms with E-state index in [1.54, 1.807) is 23.0 Å². The fourth-order valence-corrected chi connectivity index (χ4v) is 3.64. The first-order valence-electron chi connectivity index (χ1n) is 9.83. The van der Waals surface area contributed by atoms with Crippen LogP contribution < -0.4 is 10.5 Å². The highest BCUT2D eigenvalue weighted by molar-refractivity contribution is 5.46. The van der Waals surface area contributed by atoms with Crippen LogP contribution in [0.5, 0.6) is 0 Å². The summed E-state index contributed by atoms with van der Waals surface area (Å²) in [6.07, 6.45) is -1.42. The zero-order chi connectivity index (χ0) is 21.5. The highest BCUT2D eigenvalue weighted by Gasteiger charge is 2.38. The largest absolute Gasteiger partial charge is 0.453 e. The molecule has 11 heteroatoms. The normalized spacial score (nSPS) is 16.0. The van der Waals surface area contributed by atoms with E-state index in [1.165, 1.54) is 6.07 Å². The molecule has 1 fully saturated rings. The van der Waals surface area contributed by atoms with E-state index in [0.29, 0.717) is 25.5 Å². The molecule has 0 amide bonds. The summed E-state index contributed by atoms with van der Waals surface area (Å²) in [4.78, 5) is 18.6. The van der Waals surface area contributed by atoms with E-state index in [9.17, 15) is 18.0 Å². The van der Waals surface area contributed by atoms with Crippen molar-refractivity contribution < 1.29 is 13.2 Å². The zero-order valence-corrected chi connectivity index (χ0v) is 16.7. The minimum absolute atomic E-state index is 0.0534. The number of anilines is 1. The third kappa shape index (κ3) is 4.01. The Hall–Kier alpha value is -2.98. The van der Waals surface area contributed by atoms with Gasteiger partial charge in [-0.15, -0.1) is 15.3 Å². The number of hydrogen-bond acceptors (Lipinski definition) is 6. The van der Waals surface area contributed by atoms with Gasteiger partial charge in [0.05, 0.1) is 12.0 Å². The average molecular weight is 421 g/mol. The van der Waals surface area contributed by atoms with E-state index in [1.807, 2.05) is 18.7 Å². The van der Waals surface area contributed by atoms with Gasteiger partial charge in [0, 0.05) is 25.7 Å². The number of rotatable bonds is 4. The summed E-state index contributed by atoms with van der Waals surface area (Å²) in [5, 5.41) is 10.8. The Kier molecular flexibility index (Phi) is 5.20.